The van der Waals surface area contributed by atoms with Crippen molar-refractivity contribution < 1.29 is 18.0 Å². The molecule has 1 atom stereocenters. The molecule has 40 heavy (non-hydrogen) atoms. The Morgan fingerprint density at radius 3 is 2.30 bits per heavy atom. The van der Waals surface area contributed by atoms with Crippen LogP contribution >= 0.6 is 27.5 Å². The normalized spacial score (nSPS) is 14.5. The van der Waals surface area contributed by atoms with Gasteiger partial charge in [0.1, 0.15) is 12.6 Å². The maximum absolute atomic E-state index is 14.0. The molecule has 3 aromatic carbocycles. The highest BCUT2D eigenvalue weighted by molar-refractivity contribution is 9.10. The molecule has 1 saturated carbocycles. The number of carbonyl (C=O) groups is 2. The van der Waals surface area contributed by atoms with E-state index in [0.29, 0.717) is 10.7 Å². The summed E-state index contributed by atoms with van der Waals surface area (Å²) in [7, 11) is -4.14. The Balaban J connectivity index is 1.68. The highest BCUT2D eigenvalue weighted by Gasteiger charge is 2.33. The van der Waals surface area contributed by atoms with Crippen LogP contribution < -0.4 is 9.62 Å². The van der Waals surface area contributed by atoms with Crippen LogP contribution in [0, 0.1) is 6.92 Å². The number of nitrogens with one attached hydrogen (secondary N) is 1. The van der Waals surface area contributed by atoms with Gasteiger partial charge in [0.15, 0.2) is 0 Å². The molecule has 1 aliphatic rings. The van der Waals surface area contributed by atoms with Crippen LogP contribution in [-0.4, -0.2) is 43.8 Å². The van der Waals surface area contributed by atoms with Gasteiger partial charge in [-0.3, -0.25) is 13.9 Å². The molecule has 0 aliphatic heterocycles. The van der Waals surface area contributed by atoms with E-state index in [4.69, 9.17) is 11.6 Å². The molecule has 0 aromatic heterocycles. The zero-order valence-electron chi connectivity index (χ0n) is 22.5. The minimum absolute atomic E-state index is 0.0100. The summed E-state index contributed by atoms with van der Waals surface area (Å²) < 4.78 is 29.6. The number of rotatable bonds is 10. The van der Waals surface area contributed by atoms with E-state index in [-0.39, 0.29) is 23.4 Å². The van der Waals surface area contributed by atoms with Crippen molar-refractivity contribution in [1.29, 1.82) is 0 Å². The van der Waals surface area contributed by atoms with Crippen LogP contribution in [0.4, 0.5) is 5.69 Å². The summed E-state index contributed by atoms with van der Waals surface area (Å²) in [5.41, 5.74) is 2.11. The minimum atomic E-state index is -4.14. The lowest BCUT2D eigenvalue weighted by atomic mass is 10.1. The molecular weight excluding hydrogens is 614 g/mol. The molecule has 212 valence electrons. The fourth-order valence-corrected chi connectivity index (χ4v) is 6.77. The number of amides is 2. The number of sulfonamides is 1. The van der Waals surface area contributed by atoms with Gasteiger partial charge >= 0.3 is 0 Å². The third-order valence-electron chi connectivity index (χ3n) is 7.11. The molecule has 0 bridgehead atoms. The summed E-state index contributed by atoms with van der Waals surface area (Å²) in [6.07, 6.45) is 3.96. The molecule has 4 rings (SSSR count). The van der Waals surface area contributed by atoms with Crippen molar-refractivity contribution >= 4 is 55.1 Å². The zero-order chi connectivity index (χ0) is 28.9. The molecular formula is C30H33BrClN3O4S. The van der Waals surface area contributed by atoms with E-state index in [1.165, 1.54) is 29.2 Å². The van der Waals surface area contributed by atoms with Crippen molar-refractivity contribution in [3.63, 3.8) is 0 Å². The van der Waals surface area contributed by atoms with Crippen LogP contribution in [-0.2, 0) is 26.2 Å². The van der Waals surface area contributed by atoms with Crippen molar-refractivity contribution in [3.8, 4) is 0 Å². The molecule has 0 spiro atoms. The molecule has 1 N–H and O–H groups in total. The van der Waals surface area contributed by atoms with Crippen molar-refractivity contribution in [2.24, 2.45) is 0 Å². The van der Waals surface area contributed by atoms with Crippen molar-refractivity contribution in [3.05, 3.63) is 93.4 Å². The van der Waals surface area contributed by atoms with Crippen LogP contribution in [0.1, 0.15) is 43.7 Å². The number of halogens is 2. The third kappa shape index (κ3) is 7.44. The second kappa shape index (κ2) is 13.2. The Morgan fingerprint density at radius 2 is 1.68 bits per heavy atom. The minimum Gasteiger partial charge on any atom is -0.352 e. The number of benzene rings is 3. The Morgan fingerprint density at radius 1 is 1.02 bits per heavy atom. The molecule has 0 unspecified atom stereocenters. The molecule has 7 nitrogen and oxygen atoms in total. The van der Waals surface area contributed by atoms with E-state index in [1.54, 1.807) is 31.2 Å². The summed E-state index contributed by atoms with van der Waals surface area (Å²) in [5, 5.41) is 3.48. The zero-order valence-corrected chi connectivity index (χ0v) is 25.7. The second-order valence-corrected chi connectivity index (χ2v) is 13.3. The first-order chi connectivity index (χ1) is 19.0. The fourth-order valence-electron chi connectivity index (χ4n) is 4.78. The second-order valence-electron chi connectivity index (χ2n) is 10.1. The van der Waals surface area contributed by atoms with Gasteiger partial charge in [0.05, 0.1) is 10.6 Å². The van der Waals surface area contributed by atoms with Crippen LogP contribution in [0.2, 0.25) is 5.02 Å². The van der Waals surface area contributed by atoms with E-state index in [1.807, 2.05) is 31.2 Å². The van der Waals surface area contributed by atoms with Gasteiger partial charge in [-0.25, -0.2) is 8.42 Å². The number of aryl methyl sites for hydroxylation is 1. The Bertz CT molecular complexity index is 1440. The quantitative estimate of drug-likeness (QED) is 0.289. The molecule has 2 amide bonds. The highest BCUT2D eigenvalue weighted by Crippen LogP contribution is 2.26. The Hall–Kier alpha value is -2.88. The van der Waals surface area contributed by atoms with Crippen molar-refractivity contribution in [1.82, 2.24) is 10.2 Å². The molecule has 1 aliphatic carbocycles. The molecule has 0 saturated heterocycles. The molecule has 0 radical (unpaired) electrons. The lowest BCUT2D eigenvalue weighted by Gasteiger charge is -2.32. The topological polar surface area (TPSA) is 86.8 Å². The predicted octanol–water partition coefficient (Wildman–Crippen LogP) is 6.08. The number of hydrogen-bond acceptors (Lipinski definition) is 4. The van der Waals surface area contributed by atoms with Gasteiger partial charge in [0.25, 0.3) is 10.0 Å². The smallest absolute Gasteiger partial charge is 0.264 e. The van der Waals surface area contributed by atoms with Gasteiger partial charge < -0.3 is 10.2 Å². The third-order valence-corrected chi connectivity index (χ3v) is 9.65. The van der Waals surface area contributed by atoms with E-state index in [2.05, 4.69) is 21.2 Å². The number of anilines is 1. The fraction of sp³-hybridized carbons (Fsp3) is 0.333. The van der Waals surface area contributed by atoms with E-state index >= 15 is 0 Å². The van der Waals surface area contributed by atoms with Crippen LogP contribution in [0.25, 0.3) is 0 Å². The lowest BCUT2D eigenvalue weighted by molar-refractivity contribution is -0.139. The number of nitrogens with zero attached hydrogens (tertiary/aromatic N) is 2. The summed E-state index contributed by atoms with van der Waals surface area (Å²) in [6, 6.07) is 19.5. The van der Waals surface area contributed by atoms with Gasteiger partial charge in [0, 0.05) is 22.1 Å². The molecule has 3 aromatic rings. The average Bonchev–Trinajstić information content (AvgIpc) is 3.44. The van der Waals surface area contributed by atoms with Crippen molar-refractivity contribution in [2.75, 3.05) is 10.8 Å². The highest BCUT2D eigenvalue weighted by atomic mass is 79.9. The Kier molecular flexibility index (Phi) is 9.92. The summed E-state index contributed by atoms with van der Waals surface area (Å²) in [6.45, 7) is 3.24. The SMILES string of the molecule is Cc1ccc(N(CC(=O)N(Cc2cccc(Br)c2)[C@H](C)C(=O)NC2CCCC2)S(=O)(=O)c2ccc(Cl)cc2)cc1. The Labute approximate surface area is 249 Å². The summed E-state index contributed by atoms with van der Waals surface area (Å²) in [4.78, 5) is 28.8. The van der Waals surface area contributed by atoms with Gasteiger partial charge in [0.2, 0.25) is 11.8 Å². The summed E-state index contributed by atoms with van der Waals surface area (Å²) >= 11 is 9.47. The summed E-state index contributed by atoms with van der Waals surface area (Å²) in [5.74, 6) is -0.746. The van der Waals surface area contributed by atoms with Gasteiger partial charge in [-0.05, 0) is 80.8 Å². The monoisotopic (exact) mass is 645 g/mol. The van der Waals surface area contributed by atoms with E-state index in [0.717, 1.165) is 45.6 Å². The molecule has 1 fully saturated rings. The predicted molar refractivity (Wildman–Crippen MR) is 162 cm³/mol. The van der Waals surface area contributed by atoms with Crippen LogP contribution in [0.5, 0.6) is 0 Å². The van der Waals surface area contributed by atoms with Crippen molar-refractivity contribution in [2.45, 2.75) is 63.1 Å². The first kappa shape index (κ1) is 30.1. The largest absolute Gasteiger partial charge is 0.352 e. The first-order valence-electron chi connectivity index (χ1n) is 13.2. The van der Waals surface area contributed by atoms with Crippen LogP contribution in [0.3, 0.4) is 0 Å². The standard InChI is InChI=1S/C30H33BrClN3O4S/c1-21-10-14-27(15-11-21)35(40(38,39)28-16-12-25(32)13-17-28)20-29(36)34(19-23-6-5-7-24(31)18-23)22(2)30(37)33-26-8-3-4-9-26/h5-7,10-18,22,26H,3-4,8-9,19-20H2,1-2H3,(H,33,37)/t22-/m1/s1. The molecule has 10 heteroatoms. The maximum Gasteiger partial charge on any atom is 0.264 e. The average molecular weight is 647 g/mol. The van der Waals surface area contributed by atoms with Gasteiger partial charge in [-0.1, -0.05) is 70.2 Å². The van der Waals surface area contributed by atoms with Crippen LogP contribution in [0.15, 0.2) is 82.2 Å². The van der Waals surface area contributed by atoms with Gasteiger partial charge in [-0.15, -0.1) is 0 Å². The first-order valence-corrected chi connectivity index (χ1v) is 15.8. The molecule has 0 heterocycles. The van der Waals surface area contributed by atoms with Gasteiger partial charge in [-0.2, -0.15) is 0 Å². The number of carbonyl (C=O) groups excluding carboxylic acids is 2. The van der Waals surface area contributed by atoms with E-state index < -0.39 is 28.5 Å². The lowest BCUT2D eigenvalue weighted by Crippen LogP contribution is -2.52. The maximum atomic E-state index is 14.0. The van der Waals surface area contributed by atoms with E-state index in [9.17, 15) is 18.0 Å². The number of hydrogen-bond donors (Lipinski definition) is 1.